The van der Waals surface area contributed by atoms with E-state index < -0.39 is 15.7 Å². The summed E-state index contributed by atoms with van der Waals surface area (Å²) in [4.78, 5) is 10.3. The summed E-state index contributed by atoms with van der Waals surface area (Å²) in [7, 11) is -0.857. The van der Waals surface area contributed by atoms with Crippen LogP contribution in [0.3, 0.4) is 0 Å². The lowest BCUT2D eigenvalue weighted by Crippen LogP contribution is -2.08. The van der Waals surface area contributed by atoms with E-state index in [2.05, 4.69) is 5.32 Å². The van der Waals surface area contributed by atoms with Crippen molar-refractivity contribution in [3.63, 3.8) is 0 Å². The van der Waals surface area contributed by atoms with Crippen molar-refractivity contribution in [2.45, 2.75) is 13.0 Å². The monoisotopic (exact) mass is 272 g/mol. The Labute approximate surface area is 108 Å². The number of hydrogen-bond donors (Lipinski definition) is 2. The molecule has 0 fully saturated rings. The molecule has 0 aliphatic heterocycles. The van der Waals surface area contributed by atoms with Gasteiger partial charge in [-0.15, -0.1) is 0 Å². The van der Waals surface area contributed by atoms with Crippen LogP contribution < -0.4 is 5.32 Å². The molecule has 1 atom stereocenters. The predicted molar refractivity (Wildman–Crippen MR) is 71.1 cm³/mol. The van der Waals surface area contributed by atoms with Crippen molar-refractivity contribution in [2.75, 3.05) is 23.9 Å². The Kier molecular flexibility index (Phi) is 5.73. The maximum atomic E-state index is 10.9. The number of aliphatic hydroxyl groups excluding tert-OH is 1. The molecule has 6 nitrogen and oxygen atoms in total. The molecule has 0 aliphatic rings. The van der Waals surface area contributed by atoms with Crippen molar-refractivity contribution >= 4 is 22.2 Å². The molecule has 100 valence electrons. The molecular formula is C11H16N2O4S. The number of hydrogen-bond acceptors (Lipinski definition) is 5. The van der Waals surface area contributed by atoms with E-state index in [1.54, 1.807) is 12.3 Å². The summed E-state index contributed by atoms with van der Waals surface area (Å²) < 4.78 is 10.9. The molecule has 7 heteroatoms. The molecule has 0 aliphatic carbocycles. The summed E-state index contributed by atoms with van der Waals surface area (Å²) in [6.07, 6.45) is 2.29. The van der Waals surface area contributed by atoms with Crippen molar-refractivity contribution in [1.82, 2.24) is 0 Å². The average Bonchev–Trinajstić information content (AvgIpc) is 2.33. The van der Waals surface area contributed by atoms with Gasteiger partial charge in [0.05, 0.1) is 11.5 Å². The van der Waals surface area contributed by atoms with E-state index in [1.165, 1.54) is 12.1 Å². The highest BCUT2D eigenvalue weighted by Crippen LogP contribution is 2.25. The molecular weight excluding hydrogens is 256 g/mol. The Bertz CT molecular complexity index is 451. The maximum absolute atomic E-state index is 10.9. The first kappa shape index (κ1) is 14.6. The summed E-state index contributed by atoms with van der Waals surface area (Å²) in [6.45, 7) is 0.348. The van der Waals surface area contributed by atoms with Gasteiger partial charge in [-0.3, -0.25) is 14.3 Å². The number of nitro benzene ring substituents is 1. The zero-order chi connectivity index (χ0) is 13.5. The fourth-order valence-corrected chi connectivity index (χ4v) is 2.03. The van der Waals surface area contributed by atoms with Crippen LogP contribution in [-0.4, -0.2) is 32.8 Å². The highest BCUT2D eigenvalue weighted by molar-refractivity contribution is 7.84. The van der Waals surface area contributed by atoms with Crippen LogP contribution in [0.4, 0.5) is 11.4 Å². The van der Waals surface area contributed by atoms with Gasteiger partial charge in [0.25, 0.3) is 5.69 Å². The van der Waals surface area contributed by atoms with Crippen LogP contribution in [0.1, 0.15) is 12.0 Å². The van der Waals surface area contributed by atoms with Crippen LogP contribution in [0, 0.1) is 10.1 Å². The molecule has 0 saturated heterocycles. The zero-order valence-corrected chi connectivity index (χ0v) is 10.9. The summed E-state index contributed by atoms with van der Waals surface area (Å²) in [5, 5.41) is 22.8. The number of anilines is 1. The molecule has 1 unspecified atom stereocenters. The van der Waals surface area contributed by atoms with Crippen molar-refractivity contribution in [3.8, 4) is 0 Å². The highest BCUT2D eigenvalue weighted by atomic mass is 32.2. The zero-order valence-electron chi connectivity index (χ0n) is 10.1. The van der Waals surface area contributed by atoms with Gasteiger partial charge in [0.2, 0.25) is 0 Å². The molecule has 0 aromatic heterocycles. The van der Waals surface area contributed by atoms with Crippen LogP contribution in [0.2, 0.25) is 0 Å². The van der Waals surface area contributed by atoms with Gasteiger partial charge in [-0.05, 0) is 24.1 Å². The van der Waals surface area contributed by atoms with E-state index >= 15 is 0 Å². The Morgan fingerprint density at radius 1 is 1.50 bits per heavy atom. The van der Waals surface area contributed by atoms with E-state index in [1.807, 2.05) is 0 Å². The number of nitrogens with one attached hydrogen (secondary N) is 1. The van der Waals surface area contributed by atoms with Gasteiger partial charge in [0.15, 0.2) is 0 Å². The van der Waals surface area contributed by atoms with Gasteiger partial charge in [0.1, 0.15) is 5.69 Å². The lowest BCUT2D eigenvalue weighted by Gasteiger charge is -2.08. The van der Waals surface area contributed by atoms with E-state index in [0.29, 0.717) is 30.0 Å². The lowest BCUT2D eigenvalue weighted by atomic mass is 10.2. The van der Waals surface area contributed by atoms with Gasteiger partial charge >= 0.3 is 0 Å². The van der Waals surface area contributed by atoms with Crippen molar-refractivity contribution in [1.29, 1.82) is 0 Å². The van der Waals surface area contributed by atoms with Crippen LogP contribution in [-0.2, 0) is 17.4 Å². The largest absolute Gasteiger partial charge is 0.392 e. The van der Waals surface area contributed by atoms with Gasteiger partial charge in [-0.1, -0.05) is 0 Å². The van der Waals surface area contributed by atoms with Crippen LogP contribution in [0.15, 0.2) is 18.2 Å². The first-order valence-electron chi connectivity index (χ1n) is 5.46. The third-order valence-corrected chi connectivity index (χ3v) is 3.23. The normalized spacial score (nSPS) is 12.1. The average molecular weight is 272 g/mol. The lowest BCUT2D eigenvalue weighted by molar-refractivity contribution is -0.384. The van der Waals surface area contributed by atoms with E-state index in [-0.39, 0.29) is 12.3 Å². The number of nitrogens with zero attached hydrogens (tertiary/aromatic N) is 1. The molecule has 0 spiro atoms. The Morgan fingerprint density at radius 2 is 2.22 bits per heavy atom. The second-order valence-corrected chi connectivity index (χ2v) is 5.38. The molecule has 0 saturated carbocycles. The maximum Gasteiger partial charge on any atom is 0.292 e. The standard InChI is InChI=1S/C11H16N2O4S/c1-18(17)6-2-5-12-10-7-9(8-14)3-4-11(10)13(15)16/h3-4,7,12,14H,2,5-6,8H2,1H3. The fraction of sp³-hybridized carbons (Fsp3) is 0.455. The number of rotatable bonds is 7. The first-order valence-corrected chi connectivity index (χ1v) is 7.19. The molecule has 0 radical (unpaired) electrons. The summed E-state index contributed by atoms with van der Waals surface area (Å²) in [5.41, 5.74) is 0.973. The SMILES string of the molecule is CS(=O)CCCNc1cc(CO)ccc1[N+](=O)[O-]. The Balaban J connectivity index is 2.71. The van der Waals surface area contributed by atoms with Crippen LogP contribution in [0.5, 0.6) is 0 Å². The summed E-state index contributed by atoms with van der Waals surface area (Å²) in [5.74, 6) is 0.556. The molecule has 1 aromatic carbocycles. The van der Waals surface area contributed by atoms with Crippen molar-refractivity contribution in [3.05, 3.63) is 33.9 Å². The summed E-state index contributed by atoms with van der Waals surface area (Å²) in [6, 6.07) is 4.44. The minimum atomic E-state index is -0.857. The number of benzene rings is 1. The summed E-state index contributed by atoms with van der Waals surface area (Å²) >= 11 is 0. The number of aliphatic hydroxyl groups is 1. The third-order valence-electron chi connectivity index (χ3n) is 2.36. The molecule has 0 heterocycles. The first-order chi connectivity index (χ1) is 8.54. The highest BCUT2D eigenvalue weighted by Gasteiger charge is 2.13. The predicted octanol–water partition coefficient (Wildman–Crippen LogP) is 1.27. The molecule has 2 N–H and O–H groups in total. The van der Waals surface area contributed by atoms with Crippen LogP contribution in [0.25, 0.3) is 0 Å². The van der Waals surface area contributed by atoms with Gasteiger partial charge < -0.3 is 10.4 Å². The Hall–Kier alpha value is -1.47. The molecule has 0 bridgehead atoms. The van der Waals surface area contributed by atoms with Crippen molar-refractivity contribution < 1.29 is 14.2 Å². The molecule has 1 rings (SSSR count). The number of nitro groups is 1. The van der Waals surface area contributed by atoms with Crippen molar-refractivity contribution in [2.24, 2.45) is 0 Å². The second kappa shape index (κ2) is 7.07. The minimum Gasteiger partial charge on any atom is -0.392 e. The third kappa shape index (κ3) is 4.42. The van der Waals surface area contributed by atoms with E-state index in [9.17, 15) is 14.3 Å². The quantitative estimate of drug-likeness (QED) is 0.443. The topological polar surface area (TPSA) is 92.5 Å². The van der Waals surface area contributed by atoms with Gasteiger partial charge in [0, 0.05) is 35.4 Å². The van der Waals surface area contributed by atoms with E-state index in [0.717, 1.165) is 0 Å². The van der Waals surface area contributed by atoms with Gasteiger partial charge in [-0.25, -0.2) is 0 Å². The van der Waals surface area contributed by atoms with Crippen LogP contribution >= 0.6 is 0 Å². The molecule has 18 heavy (non-hydrogen) atoms. The molecule has 0 amide bonds. The van der Waals surface area contributed by atoms with Gasteiger partial charge in [-0.2, -0.15) is 0 Å². The second-order valence-electron chi connectivity index (χ2n) is 3.82. The minimum absolute atomic E-state index is 0.0233. The Morgan fingerprint density at radius 3 is 2.78 bits per heavy atom. The van der Waals surface area contributed by atoms with E-state index in [4.69, 9.17) is 5.11 Å². The fourth-order valence-electron chi connectivity index (χ4n) is 1.48. The molecule has 1 aromatic rings. The smallest absolute Gasteiger partial charge is 0.292 e.